The number of carbonyl (C=O) groups excluding carboxylic acids is 1. The number of sulfone groups is 1. The number of rotatable bonds is 4. The van der Waals surface area contributed by atoms with E-state index in [0.717, 1.165) is 16.5 Å². The van der Waals surface area contributed by atoms with Gasteiger partial charge in [0.15, 0.2) is 9.84 Å². The highest BCUT2D eigenvalue weighted by Gasteiger charge is 2.29. The molecule has 1 N–H and O–H groups in total. The molecule has 6 heteroatoms. The molecule has 1 aliphatic rings. The van der Waals surface area contributed by atoms with E-state index in [4.69, 9.17) is 0 Å². The van der Waals surface area contributed by atoms with Crippen molar-refractivity contribution in [3.63, 3.8) is 0 Å². The summed E-state index contributed by atoms with van der Waals surface area (Å²) in [5, 5.41) is 3.77. The zero-order valence-electron chi connectivity index (χ0n) is 14.3. The molecule has 2 aromatic carbocycles. The normalized spacial score (nSPS) is 18.8. The van der Waals surface area contributed by atoms with E-state index in [1.807, 2.05) is 48.7 Å². The fraction of sp³-hybridized carbons (Fsp3) is 0.250. The van der Waals surface area contributed by atoms with E-state index in [0.29, 0.717) is 18.5 Å². The second-order valence-electron chi connectivity index (χ2n) is 6.75. The summed E-state index contributed by atoms with van der Waals surface area (Å²) in [7, 11) is -3.02. The van der Waals surface area contributed by atoms with Gasteiger partial charge >= 0.3 is 0 Å². The highest BCUT2D eigenvalue weighted by atomic mass is 32.2. The number of carbonyl (C=O) groups is 1. The molecule has 1 aliphatic heterocycles. The van der Waals surface area contributed by atoms with Gasteiger partial charge < -0.3 is 9.88 Å². The van der Waals surface area contributed by atoms with Crippen LogP contribution in [0.5, 0.6) is 0 Å². The molecule has 0 aliphatic carbocycles. The third-order valence-electron chi connectivity index (χ3n) is 4.80. The Hall–Kier alpha value is -2.60. The van der Waals surface area contributed by atoms with Gasteiger partial charge in [0, 0.05) is 29.7 Å². The van der Waals surface area contributed by atoms with Crippen molar-refractivity contribution in [2.75, 3.05) is 11.5 Å². The molecule has 5 nitrogen and oxygen atoms in total. The van der Waals surface area contributed by atoms with Gasteiger partial charge in [-0.1, -0.05) is 48.5 Å². The molecule has 1 amide bonds. The smallest absolute Gasteiger partial charge is 0.253 e. The fourth-order valence-corrected chi connectivity index (χ4v) is 5.18. The van der Waals surface area contributed by atoms with Gasteiger partial charge in [0.05, 0.1) is 17.1 Å². The van der Waals surface area contributed by atoms with Crippen molar-refractivity contribution in [3.05, 3.63) is 71.9 Å². The van der Waals surface area contributed by atoms with Gasteiger partial charge in [0.2, 0.25) is 0 Å². The molecule has 1 aromatic heterocycles. The summed E-state index contributed by atoms with van der Waals surface area (Å²) in [4.78, 5) is 12.8. The number of hydrogen-bond acceptors (Lipinski definition) is 3. The molecule has 0 spiro atoms. The van der Waals surface area contributed by atoms with E-state index < -0.39 is 9.84 Å². The SMILES string of the molecule is O=C(N[C@@H]1CCS(=O)(=O)C1)c1cn(Cc2ccccc2)c2ccccc12. The van der Waals surface area contributed by atoms with Crippen LogP contribution in [0, 0.1) is 0 Å². The van der Waals surface area contributed by atoms with Crippen molar-refractivity contribution in [1.82, 2.24) is 9.88 Å². The van der Waals surface area contributed by atoms with Crippen LogP contribution >= 0.6 is 0 Å². The lowest BCUT2D eigenvalue weighted by molar-refractivity contribution is 0.0942. The van der Waals surface area contributed by atoms with Gasteiger partial charge in [-0.05, 0) is 18.1 Å². The molecule has 1 saturated heterocycles. The van der Waals surface area contributed by atoms with E-state index in [1.165, 1.54) is 0 Å². The minimum Gasteiger partial charge on any atom is -0.348 e. The summed E-state index contributed by atoms with van der Waals surface area (Å²) in [5.41, 5.74) is 2.73. The summed E-state index contributed by atoms with van der Waals surface area (Å²) in [6.45, 7) is 0.673. The van der Waals surface area contributed by atoms with Crippen LogP contribution in [0.15, 0.2) is 60.8 Å². The highest BCUT2D eigenvalue weighted by Crippen LogP contribution is 2.23. The van der Waals surface area contributed by atoms with Gasteiger partial charge in [-0.25, -0.2) is 8.42 Å². The summed E-state index contributed by atoms with van der Waals surface area (Å²) < 4.78 is 25.3. The summed E-state index contributed by atoms with van der Waals surface area (Å²) in [6.07, 6.45) is 2.34. The Morgan fingerprint density at radius 1 is 1.08 bits per heavy atom. The molecule has 4 rings (SSSR count). The molecule has 0 bridgehead atoms. The maximum atomic E-state index is 12.8. The first-order chi connectivity index (χ1) is 12.5. The Morgan fingerprint density at radius 3 is 2.54 bits per heavy atom. The zero-order chi connectivity index (χ0) is 18.1. The van der Waals surface area contributed by atoms with Crippen LogP contribution < -0.4 is 5.32 Å². The molecule has 1 fully saturated rings. The van der Waals surface area contributed by atoms with Crippen molar-refractivity contribution < 1.29 is 13.2 Å². The molecule has 134 valence electrons. The molecule has 0 saturated carbocycles. The van der Waals surface area contributed by atoms with E-state index in [2.05, 4.69) is 22.0 Å². The predicted molar refractivity (Wildman–Crippen MR) is 102 cm³/mol. The number of nitrogens with one attached hydrogen (secondary N) is 1. The number of amides is 1. The molecule has 26 heavy (non-hydrogen) atoms. The number of aromatic nitrogens is 1. The second kappa shape index (κ2) is 6.61. The van der Waals surface area contributed by atoms with Crippen LogP contribution in [0.1, 0.15) is 22.3 Å². The van der Waals surface area contributed by atoms with Crippen LogP contribution in [0.4, 0.5) is 0 Å². The maximum Gasteiger partial charge on any atom is 0.253 e. The van der Waals surface area contributed by atoms with Crippen LogP contribution in [0.3, 0.4) is 0 Å². The first kappa shape index (κ1) is 16.8. The largest absolute Gasteiger partial charge is 0.348 e. The van der Waals surface area contributed by atoms with Crippen molar-refractivity contribution in [3.8, 4) is 0 Å². The fourth-order valence-electron chi connectivity index (χ4n) is 3.51. The quantitative estimate of drug-likeness (QED) is 0.770. The maximum absolute atomic E-state index is 12.8. The van der Waals surface area contributed by atoms with Gasteiger partial charge in [0.25, 0.3) is 5.91 Å². The van der Waals surface area contributed by atoms with Gasteiger partial charge in [-0.15, -0.1) is 0 Å². The first-order valence-corrected chi connectivity index (χ1v) is 10.5. The van der Waals surface area contributed by atoms with Crippen molar-refractivity contribution in [2.24, 2.45) is 0 Å². The van der Waals surface area contributed by atoms with Crippen LogP contribution in [0.25, 0.3) is 10.9 Å². The topological polar surface area (TPSA) is 68.2 Å². The third kappa shape index (κ3) is 3.37. The highest BCUT2D eigenvalue weighted by molar-refractivity contribution is 7.91. The standard InChI is InChI=1S/C20H20N2O3S/c23-20(21-16-10-11-26(24,25)14-16)18-13-22(12-15-6-2-1-3-7-15)19-9-5-4-8-17(18)19/h1-9,13,16H,10-12,14H2,(H,21,23)/t16-/m1/s1. The van der Waals surface area contributed by atoms with Gasteiger partial charge in [-0.2, -0.15) is 0 Å². The second-order valence-corrected chi connectivity index (χ2v) is 8.98. The summed E-state index contributed by atoms with van der Waals surface area (Å²) in [6, 6.07) is 17.6. The summed E-state index contributed by atoms with van der Waals surface area (Å²) in [5.74, 6) is -0.0372. The molecular weight excluding hydrogens is 348 g/mol. The van der Waals surface area contributed by atoms with E-state index in [-0.39, 0.29) is 23.5 Å². The minimum absolute atomic E-state index is 0.0292. The zero-order valence-corrected chi connectivity index (χ0v) is 15.1. The number of para-hydroxylation sites is 1. The Bertz CT molecular complexity index is 1060. The monoisotopic (exact) mass is 368 g/mol. The Labute approximate surface area is 152 Å². The number of nitrogens with zero attached hydrogens (tertiary/aromatic N) is 1. The molecule has 0 unspecified atom stereocenters. The molecule has 3 aromatic rings. The lowest BCUT2D eigenvalue weighted by Gasteiger charge is -2.10. The number of fused-ring (bicyclic) bond motifs is 1. The van der Waals surface area contributed by atoms with Gasteiger partial charge in [0.1, 0.15) is 0 Å². The number of benzene rings is 2. The Morgan fingerprint density at radius 2 is 1.81 bits per heavy atom. The van der Waals surface area contributed by atoms with Crippen molar-refractivity contribution in [2.45, 2.75) is 19.0 Å². The predicted octanol–water partition coefficient (Wildman–Crippen LogP) is 2.61. The van der Waals surface area contributed by atoms with E-state index in [1.54, 1.807) is 0 Å². The van der Waals surface area contributed by atoms with Crippen LogP contribution in [-0.2, 0) is 16.4 Å². The lowest BCUT2D eigenvalue weighted by Crippen LogP contribution is -2.35. The molecule has 0 radical (unpaired) electrons. The molecule has 1 atom stereocenters. The average molecular weight is 368 g/mol. The lowest BCUT2D eigenvalue weighted by atomic mass is 10.1. The first-order valence-electron chi connectivity index (χ1n) is 8.65. The molecular formula is C20H20N2O3S. The Kier molecular flexibility index (Phi) is 4.28. The molecule has 2 heterocycles. The van der Waals surface area contributed by atoms with Crippen LogP contribution in [-0.4, -0.2) is 36.4 Å². The summed E-state index contributed by atoms with van der Waals surface area (Å²) >= 11 is 0. The van der Waals surface area contributed by atoms with Crippen molar-refractivity contribution in [1.29, 1.82) is 0 Å². The van der Waals surface area contributed by atoms with Crippen molar-refractivity contribution >= 4 is 26.6 Å². The van der Waals surface area contributed by atoms with Crippen LogP contribution in [0.2, 0.25) is 0 Å². The van der Waals surface area contributed by atoms with E-state index in [9.17, 15) is 13.2 Å². The number of hydrogen-bond donors (Lipinski definition) is 1. The Balaban J connectivity index is 1.64. The van der Waals surface area contributed by atoms with Gasteiger partial charge in [-0.3, -0.25) is 4.79 Å². The minimum atomic E-state index is -3.02. The van der Waals surface area contributed by atoms with E-state index >= 15 is 0 Å². The average Bonchev–Trinajstić information content (AvgIpc) is 3.16. The third-order valence-corrected chi connectivity index (χ3v) is 6.56.